The van der Waals surface area contributed by atoms with E-state index in [-0.39, 0.29) is 35.6 Å². The molecule has 0 radical (unpaired) electrons. The molecule has 1 atom stereocenters. The lowest BCUT2D eigenvalue weighted by molar-refractivity contribution is 0.0864. The van der Waals surface area contributed by atoms with Gasteiger partial charge in [-0.25, -0.2) is 0 Å². The van der Waals surface area contributed by atoms with E-state index in [0.717, 1.165) is 24.0 Å². The standard InChI is InChI=1S/C22H27ClN2O4/c1-12-4-5-14(10-18(12)23)13(2)20-17(11-19(29-20)22(28)24-3)21(27)25-15-6-8-16(26)9-7-15/h4-5,10-11,13,15-16,26H,6-9H2,1-3H3,(H,24,28)(H,25,27)/t13-,15-,16-/m0/s1. The molecule has 29 heavy (non-hydrogen) atoms. The zero-order chi connectivity index (χ0) is 21.1. The molecule has 0 spiro atoms. The maximum Gasteiger partial charge on any atom is 0.286 e. The Morgan fingerprint density at radius 3 is 2.48 bits per heavy atom. The Balaban J connectivity index is 1.90. The van der Waals surface area contributed by atoms with Gasteiger partial charge in [-0.2, -0.15) is 0 Å². The number of rotatable bonds is 5. The van der Waals surface area contributed by atoms with Gasteiger partial charge in [0.1, 0.15) is 5.76 Å². The van der Waals surface area contributed by atoms with E-state index in [1.165, 1.54) is 13.1 Å². The molecule has 156 valence electrons. The van der Waals surface area contributed by atoms with Crippen LogP contribution < -0.4 is 10.6 Å². The highest BCUT2D eigenvalue weighted by Gasteiger charge is 2.28. The highest BCUT2D eigenvalue weighted by molar-refractivity contribution is 6.31. The number of hydrogen-bond donors (Lipinski definition) is 3. The lowest BCUT2D eigenvalue weighted by Gasteiger charge is -2.26. The first-order chi connectivity index (χ1) is 13.8. The van der Waals surface area contributed by atoms with Gasteiger partial charge in [-0.15, -0.1) is 0 Å². The number of carbonyl (C=O) groups excluding carboxylic acids is 2. The number of benzene rings is 1. The van der Waals surface area contributed by atoms with Crippen LogP contribution in [0.5, 0.6) is 0 Å². The van der Waals surface area contributed by atoms with E-state index in [4.69, 9.17) is 16.0 Å². The average Bonchev–Trinajstić information content (AvgIpc) is 3.16. The monoisotopic (exact) mass is 418 g/mol. The molecule has 1 fully saturated rings. The number of carbonyl (C=O) groups is 2. The molecule has 3 N–H and O–H groups in total. The van der Waals surface area contributed by atoms with E-state index < -0.39 is 0 Å². The Hall–Kier alpha value is -2.31. The molecule has 2 aromatic rings. The summed E-state index contributed by atoms with van der Waals surface area (Å²) < 4.78 is 5.83. The van der Waals surface area contributed by atoms with Gasteiger partial charge in [0.05, 0.1) is 11.7 Å². The van der Waals surface area contributed by atoms with Crippen molar-refractivity contribution in [2.24, 2.45) is 0 Å². The van der Waals surface area contributed by atoms with E-state index >= 15 is 0 Å². The minimum Gasteiger partial charge on any atom is -0.454 e. The normalized spacial score (nSPS) is 20.2. The van der Waals surface area contributed by atoms with Gasteiger partial charge in [0.15, 0.2) is 5.76 Å². The molecule has 2 amide bonds. The minimum atomic E-state index is -0.389. The second-order valence-electron chi connectivity index (χ2n) is 7.68. The first kappa shape index (κ1) is 21.4. The Labute approximate surface area is 175 Å². The third kappa shape index (κ3) is 4.82. The van der Waals surface area contributed by atoms with Crippen LogP contribution in [-0.2, 0) is 0 Å². The van der Waals surface area contributed by atoms with Gasteiger partial charge < -0.3 is 20.2 Å². The zero-order valence-electron chi connectivity index (χ0n) is 16.9. The molecule has 1 heterocycles. The number of amides is 2. The Morgan fingerprint density at radius 2 is 1.86 bits per heavy atom. The van der Waals surface area contributed by atoms with E-state index in [0.29, 0.717) is 29.2 Å². The van der Waals surface area contributed by atoms with Gasteiger partial charge in [-0.3, -0.25) is 9.59 Å². The van der Waals surface area contributed by atoms with Crippen LogP contribution in [0.4, 0.5) is 0 Å². The minimum absolute atomic E-state index is 0.00114. The van der Waals surface area contributed by atoms with Gasteiger partial charge in [-0.1, -0.05) is 30.7 Å². The highest BCUT2D eigenvalue weighted by Crippen LogP contribution is 2.32. The van der Waals surface area contributed by atoms with Crippen LogP contribution in [0.1, 0.15) is 76.3 Å². The predicted molar refractivity (Wildman–Crippen MR) is 112 cm³/mol. The maximum atomic E-state index is 13.0. The van der Waals surface area contributed by atoms with Crippen LogP contribution in [0, 0.1) is 6.92 Å². The van der Waals surface area contributed by atoms with Crippen molar-refractivity contribution in [3.8, 4) is 0 Å². The molecule has 1 aliphatic carbocycles. The SMILES string of the molecule is CNC(=O)c1cc(C(=O)N[C@H]2CC[C@H](O)CC2)c([C@@H](C)c2ccc(C)c(Cl)c2)o1. The first-order valence-corrected chi connectivity index (χ1v) is 10.3. The fraction of sp³-hybridized carbons (Fsp3) is 0.455. The molecule has 6 nitrogen and oxygen atoms in total. The molecule has 0 aliphatic heterocycles. The Morgan fingerprint density at radius 1 is 1.17 bits per heavy atom. The molecular formula is C22H27ClN2O4. The van der Waals surface area contributed by atoms with E-state index in [1.807, 2.05) is 32.0 Å². The number of aliphatic hydroxyl groups is 1. The molecule has 1 aromatic heterocycles. The molecule has 3 rings (SSSR count). The molecule has 0 saturated heterocycles. The summed E-state index contributed by atoms with van der Waals surface area (Å²) in [6.45, 7) is 3.84. The van der Waals surface area contributed by atoms with Crippen LogP contribution in [0.25, 0.3) is 0 Å². The van der Waals surface area contributed by atoms with Crippen LogP contribution in [0.3, 0.4) is 0 Å². The average molecular weight is 419 g/mol. The van der Waals surface area contributed by atoms with Gasteiger partial charge in [-0.05, 0) is 49.8 Å². The van der Waals surface area contributed by atoms with Crippen molar-refractivity contribution >= 4 is 23.4 Å². The fourth-order valence-corrected chi connectivity index (χ4v) is 3.84. The quantitative estimate of drug-likeness (QED) is 0.688. The van der Waals surface area contributed by atoms with E-state index in [1.54, 1.807) is 0 Å². The summed E-state index contributed by atoms with van der Waals surface area (Å²) in [7, 11) is 1.51. The molecule has 0 unspecified atom stereocenters. The van der Waals surface area contributed by atoms with Crippen molar-refractivity contribution < 1.29 is 19.1 Å². The fourth-order valence-electron chi connectivity index (χ4n) is 3.65. The number of nitrogens with one attached hydrogen (secondary N) is 2. The van der Waals surface area contributed by atoms with Crippen molar-refractivity contribution in [2.75, 3.05) is 7.05 Å². The van der Waals surface area contributed by atoms with Gasteiger partial charge in [0.25, 0.3) is 11.8 Å². The number of aryl methyl sites for hydroxylation is 1. The second kappa shape index (κ2) is 9.01. The number of aliphatic hydroxyl groups excluding tert-OH is 1. The number of furan rings is 1. The molecule has 1 aromatic carbocycles. The topological polar surface area (TPSA) is 91.6 Å². The number of hydrogen-bond acceptors (Lipinski definition) is 4. The zero-order valence-corrected chi connectivity index (χ0v) is 17.7. The summed E-state index contributed by atoms with van der Waals surface area (Å²) in [5, 5.41) is 15.9. The summed E-state index contributed by atoms with van der Waals surface area (Å²) in [6.07, 6.45) is 2.51. The largest absolute Gasteiger partial charge is 0.454 e. The smallest absolute Gasteiger partial charge is 0.286 e. The lowest BCUT2D eigenvalue weighted by atomic mass is 9.92. The first-order valence-electron chi connectivity index (χ1n) is 9.91. The van der Waals surface area contributed by atoms with Crippen molar-refractivity contribution in [3.05, 3.63) is 57.5 Å². The molecule has 1 saturated carbocycles. The maximum absolute atomic E-state index is 13.0. The highest BCUT2D eigenvalue weighted by atomic mass is 35.5. The van der Waals surface area contributed by atoms with Crippen molar-refractivity contribution in [1.29, 1.82) is 0 Å². The van der Waals surface area contributed by atoms with Crippen molar-refractivity contribution in [1.82, 2.24) is 10.6 Å². The van der Waals surface area contributed by atoms with Crippen LogP contribution in [0.15, 0.2) is 28.7 Å². The Kier molecular flexibility index (Phi) is 6.65. The number of halogens is 1. The summed E-state index contributed by atoms with van der Waals surface area (Å²) in [6, 6.07) is 7.21. The van der Waals surface area contributed by atoms with E-state index in [2.05, 4.69) is 10.6 Å². The van der Waals surface area contributed by atoms with Gasteiger partial charge in [0, 0.05) is 30.1 Å². The third-order valence-electron chi connectivity index (χ3n) is 5.58. The van der Waals surface area contributed by atoms with Gasteiger partial charge >= 0.3 is 0 Å². The molecule has 7 heteroatoms. The summed E-state index contributed by atoms with van der Waals surface area (Å²) in [5.41, 5.74) is 2.21. The summed E-state index contributed by atoms with van der Waals surface area (Å²) >= 11 is 6.27. The second-order valence-corrected chi connectivity index (χ2v) is 8.08. The summed E-state index contributed by atoms with van der Waals surface area (Å²) in [5.74, 6) is -0.403. The van der Waals surface area contributed by atoms with Crippen LogP contribution in [-0.4, -0.2) is 36.1 Å². The predicted octanol–water partition coefficient (Wildman–Crippen LogP) is 3.79. The molecular weight excluding hydrogens is 392 g/mol. The summed E-state index contributed by atoms with van der Waals surface area (Å²) in [4.78, 5) is 25.1. The Bertz CT molecular complexity index is 900. The van der Waals surface area contributed by atoms with Crippen molar-refractivity contribution in [2.45, 2.75) is 57.6 Å². The van der Waals surface area contributed by atoms with Crippen LogP contribution >= 0.6 is 11.6 Å². The van der Waals surface area contributed by atoms with Crippen molar-refractivity contribution in [3.63, 3.8) is 0 Å². The lowest BCUT2D eigenvalue weighted by Crippen LogP contribution is -2.38. The van der Waals surface area contributed by atoms with E-state index in [9.17, 15) is 14.7 Å². The van der Waals surface area contributed by atoms with Crippen LogP contribution in [0.2, 0.25) is 5.02 Å². The molecule has 0 bridgehead atoms. The molecule has 1 aliphatic rings. The van der Waals surface area contributed by atoms with Gasteiger partial charge in [0.2, 0.25) is 0 Å². The third-order valence-corrected chi connectivity index (χ3v) is 5.98.